The molecule has 0 bridgehead atoms. The molecule has 0 aliphatic rings. The topological polar surface area (TPSA) is 91.0 Å². The van der Waals surface area contributed by atoms with Crippen molar-refractivity contribution in [1.82, 2.24) is 4.98 Å². The summed E-state index contributed by atoms with van der Waals surface area (Å²) in [6.07, 6.45) is 1.69. The highest BCUT2D eigenvalue weighted by Gasteiger charge is 2.08. The van der Waals surface area contributed by atoms with Crippen LogP contribution in [-0.2, 0) is 13.2 Å². The molecule has 0 spiro atoms. The van der Waals surface area contributed by atoms with E-state index in [1.165, 1.54) is 0 Å². The van der Waals surface area contributed by atoms with Crippen molar-refractivity contribution >= 4 is 35.6 Å². The van der Waals surface area contributed by atoms with Crippen LogP contribution in [0.4, 0.5) is 5.69 Å². The van der Waals surface area contributed by atoms with E-state index in [9.17, 15) is 0 Å². The summed E-state index contributed by atoms with van der Waals surface area (Å²) < 4.78 is 16.4. The largest absolute Gasteiger partial charge is 0.497 e. The molecule has 0 saturated heterocycles. The third-order valence-electron chi connectivity index (χ3n) is 4.16. The molecule has 0 fully saturated rings. The second kappa shape index (κ2) is 11.9. The van der Waals surface area contributed by atoms with Gasteiger partial charge in [0.05, 0.1) is 26.5 Å². The predicted octanol–water partition coefficient (Wildman–Crippen LogP) is 4.22. The number of aromatic nitrogens is 1. The normalized spacial score (nSPS) is 10.7. The van der Waals surface area contributed by atoms with Crippen LogP contribution in [0.5, 0.6) is 17.4 Å². The van der Waals surface area contributed by atoms with Gasteiger partial charge in [0.15, 0.2) is 5.96 Å². The predicted molar refractivity (Wildman–Crippen MR) is 129 cm³/mol. The molecule has 0 radical (unpaired) electrons. The van der Waals surface area contributed by atoms with E-state index >= 15 is 0 Å². The van der Waals surface area contributed by atoms with E-state index in [2.05, 4.69) is 15.3 Å². The van der Waals surface area contributed by atoms with Crippen LogP contribution in [0.15, 0.2) is 71.9 Å². The Labute approximate surface area is 193 Å². The van der Waals surface area contributed by atoms with Gasteiger partial charge < -0.3 is 25.3 Å². The summed E-state index contributed by atoms with van der Waals surface area (Å²) in [5, 5.41) is 3.05. The second-order valence-electron chi connectivity index (χ2n) is 6.13. The number of nitrogens with one attached hydrogen (secondary N) is 1. The lowest BCUT2D eigenvalue weighted by Gasteiger charge is -2.12. The summed E-state index contributed by atoms with van der Waals surface area (Å²) in [5.74, 6) is 2.10. The Bertz CT molecular complexity index is 968. The maximum absolute atomic E-state index is 6.07. The van der Waals surface area contributed by atoms with E-state index in [1.54, 1.807) is 32.5 Å². The first-order chi connectivity index (χ1) is 14.2. The molecule has 1 aromatic heterocycles. The molecule has 0 atom stereocenters. The van der Waals surface area contributed by atoms with Gasteiger partial charge in [0.1, 0.15) is 18.1 Å². The number of benzene rings is 2. The van der Waals surface area contributed by atoms with E-state index in [0.717, 1.165) is 11.1 Å². The van der Waals surface area contributed by atoms with Crippen molar-refractivity contribution in [2.24, 2.45) is 10.7 Å². The summed E-state index contributed by atoms with van der Waals surface area (Å²) in [6, 6.07) is 19.1. The number of aliphatic imine (C=N–C) groups is 1. The van der Waals surface area contributed by atoms with E-state index < -0.39 is 0 Å². The SMILES string of the molecule is COc1ccc(OC)c(NC(N)=NCc2cccnc2OCc2ccccc2)c1.I. The van der Waals surface area contributed by atoms with Gasteiger partial charge in [-0.2, -0.15) is 0 Å². The number of guanidine groups is 1. The molecule has 0 aliphatic carbocycles. The maximum atomic E-state index is 6.07. The molecule has 3 N–H and O–H groups in total. The second-order valence-corrected chi connectivity index (χ2v) is 6.13. The van der Waals surface area contributed by atoms with Crippen LogP contribution in [0.1, 0.15) is 11.1 Å². The molecular weight excluding hydrogens is 495 g/mol. The molecule has 0 saturated carbocycles. The summed E-state index contributed by atoms with van der Waals surface area (Å²) >= 11 is 0. The smallest absolute Gasteiger partial charge is 0.218 e. The third kappa shape index (κ3) is 6.51. The molecule has 30 heavy (non-hydrogen) atoms. The fourth-order valence-corrected chi connectivity index (χ4v) is 2.66. The molecule has 158 valence electrons. The Kier molecular flexibility index (Phi) is 9.20. The van der Waals surface area contributed by atoms with Gasteiger partial charge in [0.25, 0.3) is 0 Å². The summed E-state index contributed by atoms with van der Waals surface area (Å²) in [6.45, 7) is 0.756. The molecule has 1 heterocycles. The van der Waals surface area contributed by atoms with Crippen molar-refractivity contribution in [3.63, 3.8) is 0 Å². The lowest BCUT2D eigenvalue weighted by molar-refractivity contribution is 0.290. The number of anilines is 1. The van der Waals surface area contributed by atoms with Gasteiger partial charge in [-0.3, -0.25) is 0 Å². The van der Waals surface area contributed by atoms with Gasteiger partial charge in [-0.25, -0.2) is 9.98 Å². The van der Waals surface area contributed by atoms with Gasteiger partial charge in [-0.1, -0.05) is 36.4 Å². The highest BCUT2D eigenvalue weighted by atomic mass is 127. The molecule has 0 unspecified atom stereocenters. The van der Waals surface area contributed by atoms with Crippen LogP contribution in [0.2, 0.25) is 0 Å². The zero-order chi connectivity index (χ0) is 20.5. The monoisotopic (exact) mass is 520 g/mol. The zero-order valence-electron chi connectivity index (χ0n) is 16.9. The number of nitrogens with zero attached hydrogens (tertiary/aromatic N) is 2. The summed E-state index contributed by atoms with van der Waals surface area (Å²) in [7, 11) is 3.19. The number of ether oxygens (including phenoxy) is 3. The average molecular weight is 520 g/mol. The summed E-state index contributed by atoms with van der Waals surface area (Å²) in [4.78, 5) is 8.72. The standard InChI is InChI=1S/C22H24N4O3.HI/c1-27-18-10-11-20(28-2)19(13-18)26-22(23)25-14-17-9-6-12-24-21(17)29-15-16-7-4-3-5-8-16;/h3-13H,14-15H2,1-2H3,(H3,23,25,26);1H. The van der Waals surface area contributed by atoms with Crippen molar-refractivity contribution < 1.29 is 14.2 Å². The van der Waals surface area contributed by atoms with Crippen LogP contribution >= 0.6 is 24.0 Å². The molecular formula is C22H25IN4O3. The van der Waals surface area contributed by atoms with E-state index in [0.29, 0.717) is 36.2 Å². The molecule has 0 amide bonds. The quantitative estimate of drug-likeness (QED) is 0.263. The molecule has 8 heteroatoms. The van der Waals surface area contributed by atoms with Gasteiger partial charge in [-0.15, -0.1) is 24.0 Å². The van der Waals surface area contributed by atoms with Gasteiger partial charge in [0.2, 0.25) is 5.88 Å². The van der Waals surface area contributed by atoms with E-state index in [-0.39, 0.29) is 29.9 Å². The van der Waals surface area contributed by atoms with Gasteiger partial charge in [-0.05, 0) is 23.8 Å². The fourth-order valence-electron chi connectivity index (χ4n) is 2.66. The Balaban J connectivity index is 0.00000320. The van der Waals surface area contributed by atoms with Crippen molar-refractivity contribution in [2.45, 2.75) is 13.2 Å². The summed E-state index contributed by atoms with van der Waals surface area (Å²) in [5.41, 5.74) is 8.64. The van der Waals surface area contributed by atoms with Gasteiger partial charge in [0, 0.05) is 17.8 Å². The number of hydrogen-bond donors (Lipinski definition) is 2. The molecule has 7 nitrogen and oxygen atoms in total. The average Bonchev–Trinajstić information content (AvgIpc) is 2.77. The van der Waals surface area contributed by atoms with Crippen molar-refractivity contribution in [1.29, 1.82) is 0 Å². The number of nitrogens with two attached hydrogens (primary N) is 1. The number of halogens is 1. The molecule has 2 aromatic carbocycles. The first kappa shape index (κ1) is 23.3. The van der Waals surface area contributed by atoms with Crippen LogP contribution in [0, 0.1) is 0 Å². The first-order valence-electron chi connectivity index (χ1n) is 9.09. The number of hydrogen-bond acceptors (Lipinski definition) is 5. The minimum atomic E-state index is 0. The highest BCUT2D eigenvalue weighted by Crippen LogP contribution is 2.28. The fraction of sp³-hybridized carbons (Fsp3) is 0.182. The number of pyridine rings is 1. The maximum Gasteiger partial charge on any atom is 0.218 e. The molecule has 3 rings (SSSR count). The van der Waals surface area contributed by atoms with Crippen molar-refractivity contribution in [3.05, 3.63) is 78.0 Å². The van der Waals surface area contributed by atoms with E-state index in [4.69, 9.17) is 19.9 Å². The van der Waals surface area contributed by atoms with Crippen LogP contribution < -0.4 is 25.3 Å². The minimum Gasteiger partial charge on any atom is -0.497 e. The Morgan fingerprint density at radius 1 is 1.03 bits per heavy atom. The van der Waals surface area contributed by atoms with Crippen molar-refractivity contribution in [3.8, 4) is 17.4 Å². The van der Waals surface area contributed by atoms with Gasteiger partial charge >= 0.3 is 0 Å². The Morgan fingerprint density at radius 2 is 1.83 bits per heavy atom. The van der Waals surface area contributed by atoms with E-state index in [1.807, 2.05) is 48.5 Å². The first-order valence-corrected chi connectivity index (χ1v) is 9.09. The zero-order valence-corrected chi connectivity index (χ0v) is 19.2. The van der Waals surface area contributed by atoms with Crippen LogP contribution in [0.25, 0.3) is 0 Å². The number of methoxy groups -OCH3 is 2. The minimum absolute atomic E-state index is 0. The third-order valence-corrected chi connectivity index (χ3v) is 4.16. The Morgan fingerprint density at radius 3 is 2.57 bits per heavy atom. The van der Waals surface area contributed by atoms with Crippen LogP contribution in [0.3, 0.4) is 0 Å². The van der Waals surface area contributed by atoms with Crippen LogP contribution in [-0.4, -0.2) is 25.2 Å². The van der Waals surface area contributed by atoms with Crippen molar-refractivity contribution in [2.75, 3.05) is 19.5 Å². The molecule has 0 aliphatic heterocycles. The lowest BCUT2D eigenvalue weighted by Crippen LogP contribution is -2.23. The molecule has 3 aromatic rings. The number of rotatable bonds is 8. The Hall–Kier alpha value is -3.01. The lowest BCUT2D eigenvalue weighted by atomic mass is 10.2. The highest BCUT2D eigenvalue weighted by molar-refractivity contribution is 14.0.